The number of benzene rings is 3. The Morgan fingerprint density at radius 1 is 0.861 bits per heavy atom. The maximum Gasteiger partial charge on any atom is 0.266 e. The van der Waals surface area contributed by atoms with Gasteiger partial charge in [-0.2, -0.15) is 0 Å². The van der Waals surface area contributed by atoms with E-state index >= 15 is 0 Å². The van der Waals surface area contributed by atoms with E-state index in [4.69, 9.17) is 47.0 Å². The Hall–Kier alpha value is -2.69. The predicted octanol–water partition coefficient (Wildman–Crippen LogP) is 5.66. The van der Waals surface area contributed by atoms with Crippen molar-refractivity contribution >= 4 is 97.2 Å². The molecule has 0 aromatic heterocycles. The van der Waals surface area contributed by atoms with Crippen molar-refractivity contribution in [1.82, 2.24) is 10.6 Å². The van der Waals surface area contributed by atoms with E-state index in [1.165, 1.54) is 0 Å². The molecule has 184 valence electrons. The summed E-state index contributed by atoms with van der Waals surface area (Å²) < 4.78 is -1.17. The maximum atomic E-state index is 13.0. The van der Waals surface area contributed by atoms with Gasteiger partial charge in [0.1, 0.15) is 6.17 Å². The zero-order chi connectivity index (χ0) is 26.0. The highest BCUT2D eigenvalue weighted by atomic mass is 79.9. The highest BCUT2D eigenvalue weighted by Crippen LogP contribution is 2.34. The summed E-state index contributed by atoms with van der Waals surface area (Å²) in [5.74, 6) is -1.41. The summed E-state index contributed by atoms with van der Waals surface area (Å²) in [6.45, 7) is 0. The zero-order valence-electron chi connectivity index (χ0n) is 18.1. The Balaban J connectivity index is 1.52. The highest BCUT2D eigenvalue weighted by molar-refractivity contribution is 9.10. The molecule has 12 heteroatoms. The molecule has 0 saturated heterocycles. The highest BCUT2D eigenvalue weighted by Gasteiger charge is 2.38. The number of halogens is 4. The molecule has 1 aliphatic rings. The van der Waals surface area contributed by atoms with Crippen LogP contribution in [-0.2, 0) is 0 Å². The van der Waals surface area contributed by atoms with Gasteiger partial charge in [-0.3, -0.25) is 14.4 Å². The molecule has 0 saturated carbocycles. The maximum absolute atomic E-state index is 13.0. The number of alkyl halides is 3. The summed E-state index contributed by atoms with van der Waals surface area (Å²) >= 11 is 27.0. The van der Waals surface area contributed by atoms with Crippen LogP contribution in [-0.4, -0.2) is 32.8 Å². The molecular formula is C24H16BrCl3N4O3S. The summed E-state index contributed by atoms with van der Waals surface area (Å²) in [4.78, 5) is 39.7. The lowest BCUT2D eigenvalue weighted by Gasteiger charge is -2.28. The summed E-state index contributed by atoms with van der Waals surface area (Å²) in [5.41, 5.74) is 1.60. The van der Waals surface area contributed by atoms with Crippen molar-refractivity contribution in [3.05, 3.63) is 94.0 Å². The van der Waals surface area contributed by atoms with Gasteiger partial charge in [-0.15, -0.1) is 0 Å². The molecule has 36 heavy (non-hydrogen) atoms. The predicted molar refractivity (Wildman–Crippen MR) is 149 cm³/mol. The minimum Gasteiger partial charge on any atom is -0.339 e. The number of thiocarbonyl (C=S) groups is 1. The van der Waals surface area contributed by atoms with Crippen molar-refractivity contribution in [2.75, 3.05) is 10.2 Å². The Labute approximate surface area is 235 Å². The molecule has 1 unspecified atom stereocenters. The van der Waals surface area contributed by atoms with Gasteiger partial charge in [0.2, 0.25) is 3.79 Å². The van der Waals surface area contributed by atoms with Gasteiger partial charge in [0.05, 0.1) is 22.5 Å². The lowest BCUT2D eigenvalue weighted by atomic mass is 10.1. The first-order valence-corrected chi connectivity index (χ1v) is 12.7. The quantitative estimate of drug-likeness (QED) is 0.147. The number of hydrogen-bond acceptors (Lipinski definition) is 4. The Kier molecular flexibility index (Phi) is 7.87. The average Bonchev–Trinajstić information content (AvgIpc) is 3.09. The summed E-state index contributed by atoms with van der Waals surface area (Å²) in [5, 5.41) is 8.26. The molecule has 3 aromatic rings. The van der Waals surface area contributed by atoms with Crippen molar-refractivity contribution in [2.45, 2.75) is 9.96 Å². The number of amides is 3. The molecule has 0 spiro atoms. The second kappa shape index (κ2) is 10.7. The first-order chi connectivity index (χ1) is 17.1. The summed E-state index contributed by atoms with van der Waals surface area (Å²) in [7, 11) is 0. The second-order valence-electron chi connectivity index (χ2n) is 7.56. The normalized spacial score (nSPS) is 13.7. The number of nitrogens with one attached hydrogen (secondary N) is 3. The van der Waals surface area contributed by atoms with Crippen LogP contribution in [0.15, 0.2) is 77.3 Å². The molecule has 3 N–H and O–H groups in total. The van der Waals surface area contributed by atoms with Crippen LogP contribution in [0.1, 0.15) is 31.1 Å². The van der Waals surface area contributed by atoms with Crippen LogP contribution in [0.25, 0.3) is 0 Å². The van der Waals surface area contributed by atoms with Gasteiger partial charge in [0.15, 0.2) is 5.11 Å². The molecule has 0 fully saturated rings. The minimum absolute atomic E-state index is 0.0218. The lowest BCUT2D eigenvalue weighted by molar-refractivity contribution is 0.0918. The van der Waals surface area contributed by atoms with Crippen LogP contribution in [0.5, 0.6) is 0 Å². The van der Waals surface area contributed by atoms with E-state index in [-0.39, 0.29) is 10.8 Å². The van der Waals surface area contributed by atoms with Crippen LogP contribution in [0.2, 0.25) is 0 Å². The Bertz CT molecular complexity index is 1330. The number of anilines is 2. The molecule has 4 rings (SSSR count). The van der Waals surface area contributed by atoms with E-state index < -0.39 is 27.7 Å². The number of imide groups is 1. The molecular weight excluding hydrogens is 611 g/mol. The third-order valence-electron chi connectivity index (χ3n) is 5.17. The smallest absolute Gasteiger partial charge is 0.266 e. The first kappa shape index (κ1) is 26.4. The third kappa shape index (κ3) is 5.66. The van der Waals surface area contributed by atoms with Crippen molar-refractivity contribution in [3.63, 3.8) is 0 Å². The van der Waals surface area contributed by atoms with E-state index in [1.807, 2.05) is 0 Å². The molecule has 0 radical (unpaired) electrons. The van der Waals surface area contributed by atoms with Gasteiger partial charge in [-0.25, -0.2) is 4.90 Å². The lowest BCUT2D eigenvalue weighted by Crippen LogP contribution is -2.56. The number of para-hydroxylation sites is 2. The van der Waals surface area contributed by atoms with Crippen LogP contribution >= 0.6 is 63.0 Å². The van der Waals surface area contributed by atoms with E-state index in [2.05, 4.69) is 31.9 Å². The first-order valence-electron chi connectivity index (χ1n) is 10.3. The van der Waals surface area contributed by atoms with Crippen LogP contribution in [0, 0.1) is 0 Å². The van der Waals surface area contributed by atoms with Crippen molar-refractivity contribution in [2.24, 2.45) is 0 Å². The Morgan fingerprint density at radius 3 is 2.00 bits per heavy atom. The van der Waals surface area contributed by atoms with Gasteiger partial charge in [-0.05, 0) is 60.7 Å². The fourth-order valence-electron chi connectivity index (χ4n) is 3.49. The third-order valence-corrected chi connectivity index (χ3v) is 6.58. The van der Waals surface area contributed by atoms with Gasteiger partial charge in [0.25, 0.3) is 17.7 Å². The van der Waals surface area contributed by atoms with Gasteiger partial charge >= 0.3 is 0 Å². The molecule has 7 nitrogen and oxygen atoms in total. The van der Waals surface area contributed by atoms with E-state index in [9.17, 15) is 14.4 Å². The molecule has 3 amide bonds. The topological polar surface area (TPSA) is 90.5 Å². The summed E-state index contributed by atoms with van der Waals surface area (Å²) in [6.07, 6.45) is -1.22. The second-order valence-corrected chi connectivity index (χ2v) is 11.3. The Morgan fingerprint density at radius 2 is 1.42 bits per heavy atom. The monoisotopic (exact) mass is 624 g/mol. The van der Waals surface area contributed by atoms with Gasteiger partial charge < -0.3 is 16.0 Å². The van der Waals surface area contributed by atoms with E-state index in [1.54, 1.807) is 72.8 Å². The zero-order valence-corrected chi connectivity index (χ0v) is 22.8. The number of fused-ring (bicyclic) bond motifs is 1. The van der Waals surface area contributed by atoms with Crippen LogP contribution < -0.4 is 20.9 Å². The number of carbonyl (C=O) groups excluding carboxylic acids is 3. The molecule has 0 bridgehead atoms. The largest absolute Gasteiger partial charge is 0.339 e. The fourth-order valence-corrected chi connectivity index (χ4v) is 4.31. The van der Waals surface area contributed by atoms with Crippen molar-refractivity contribution in [3.8, 4) is 0 Å². The standard InChI is InChI=1S/C24H16BrCl3N4O3S/c25-14-11-9-13(10-12-14)19(33)30-22(24(26,27)28)31-23(36)29-17-7-3-4-8-18(17)32-20(34)15-5-1-2-6-16(15)21(32)35/h1-12,22H,(H,30,33)(H2,29,31,36). The summed E-state index contributed by atoms with van der Waals surface area (Å²) in [6, 6.07) is 19.8. The SMILES string of the molecule is O=C(NC(NC(=S)Nc1ccccc1N1C(=O)c2ccccc2C1=O)C(Cl)(Cl)Cl)c1ccc(Br)cc1. The molecule has 1 heterocycles. The number of nitrogens with zero attached hydrogens (tertiary/aromatic N) is 1. The van der Waals surface area contributed by atoms with Crippen molar-refractivity contribution < 1.29 is 14.4 Å². The van der Waals surface area contributed by atoms with Crippen LogP contribution in [0.3, 0.4) is 0 Å². The number of rotatable bonds is 5. The fraction of sp³-hybridized carbons (Fsp3) is 0.0833. The van der Waals surface area contributed by atoms with Crippen molar-refractivity contribution in [1.29, 1.82) is 0 Å². The molecule has 0 aliphatic carbocycles. The van der Waals surface area contributed by atoms with Gasteiger partial charge in [0, 0.05) is 10.0 Å². The van der Waals surface area contributed by atoms with E-state index in [0.717, 1.165) is 9.37 Å². The molecule has 1 aliphatic heterocycles. The number of hydrogen-bond donors (Lipinski definition) is 3. The van der Waals surface area contributed by atoms with Gasteiger partial charge in [-0.1, -0.05) is 75.0 Å². The van der Waals surface area contributed by atoms with E-state index in [0.29, 0.717) is 22.4 Å². The average molecular weight is 627 g/mol. The molecule has 3 aromatic carbocycles. The van der Waals surface area contributed by atoms with Crippen LogP contribution in [0.4, 0.5) is 11.4 Å². The number of carbonyl (C=O) groups is 3. The minimum atomic E-state index is -1.97. The molecule has 1 atom stereocenters.